The standard InChI is InChI=1S/C33H44N4O7/c1-6-42-29-24(22-13-14-22)21-26(23-11-9-8-10-12-23)34-28(29)30(39)35-25(15-16-27(38)44-33(3,4)5)31(40)36-17-19-37(20-18-36)32(41)43-7-2/h8-12,21-22,25H,6-7,13-20H2,1-5H3,(H,35,39). The molecule has 11 heteroatoms. The zero-order valence-electron chi connectivity index (χ0n) is 26.4. The van der Waals surface area contributed by atoms with E-state index in [-0.39, 0.29) is 50.1 Å². The molecule has 1 aliphatic carbocycles. The summed E-state index contributed by atoms with van der Waals surface area (Å²) in [4.78, 5) is 60.5. The van der Waals surface area contributed by atoms with Gasteiger partial charge in [0, 0.05) is 43.7 Å². The topological polar surface area (TPSA) is 127 Å². The lowest BCUT2D eigenvalue weighted by molar-refractivity contribution is -0.155. The highest BCUT2D eigenvalue weighted by Gasteiger charge is 2.35. The van der Waals surface area contributed by atoms with Crippen molar-refractivity contribution in [3.8, 4) is 17.0 Å². The van der Waals surface area contributed by atoms with E-state index in [1.165, 1.54) is 0 Å². The summed E-state index contributed by atoms with van der Waals surface area (Å²) in [6.45, 7) is 10.7. The lowest BCUT2D eigenvalue weighted by Crippen LogP contribution is -2.56. The van der Waals surface area contributed by atoms with E-state index in [1.807, 2.05) is 43.3 Å². The van der Waals surface area contributed by atoms with Crippen molar-refractivity contribution in [3.63, 3.8) is 0 Å². The minimum Gasteiger partial charge on any atom is -0.491 e. The van der Waals surface area contributed by atoms with Crippen LogP contribution in [0.1, 0.15) is 82.3 Å². The quantitative estimate of drug-likeness (QED) is 0.368. The van der Waals surface area contributed by atoms with Crippen LogP contribution < -0.4 is 10.1 Å². The number of piperazine rings is 1. The van der Waals surface area contributed by atoms with Gasteiger partial charge in [0.2, 0.25) is 5.91 Å². The summed E-state index contributed by atoms with van der Waals surface area (Å²) in [7, 11) is 0. The molecule has 11 nitrogen and oxygen atoms in total. The molecule has 2 fully saturated rings. The predicted molar refractivity (Wildman–Crippen MR) is 164 cm³/mol. The number of rotatable bonds is 11. The molecule has 1 N–H and O–H groups in total. The van der Waals surface area contributed by atoms with Crippen molar-refractivity contribution >= 4 is 23.9 Å². The fourth-order valence-corrected chi connectivity index (χ4v) is 5.14. The average molecular weight is 609 g/mol. The van der Waals surface area contributed by atoms with Gasteiger partial charge < -0.3 is 29.3 Å². The SMILES string of the molecule is CCOC(=O)N1CCN(C(=O)C(CCC(=O)OC(C)(C)C)NC(=O)c2nc(-c3ccccc3)cc(C3CC3)c2OCC)CC1. The zero-order valence-corrected chi connectivity index (χ0v) is 26.4. The Morgan fingerprint density at radius 2 is 1.64 bits per heavy atom. The number of nitrogens with zero attached hydrogens (tertiary/aromatic N) is 3. The van der Waals surface area contributed by atoms with Crippen LogP contribution in [-0.4, -0.2) is 89.7 Å². The monoisotopic (exact) mass is 608 g/mol. The normalized spacial score (nSPS) is 15.8. The van der Waals surface area contributed by atoms with E-state index in [2.05, 4.69) is 5.32 Å². The van der Waals surface area contributed by atoms with Crippen LogP contribution in [0.3, 0.4) is 0 Å². The van der Waals surface area contributed by atoms with E-state index in [4.69, 9.17) is 19.2 Å². The first-order valence-electron chi connectivity index (χ1n) is 15.5. The smallest absolute Gasteiger partial charge is 0.409 e. The van der Waals surface area contributed by atoms with Crippen LogP contribution in [0.5, 0.6) is 5.75 Å². The van der Waals surface area contributed by atoms with Crippen LogP contribution >= 0.6 is 0 Å². The van der Waals surface area contributed by atoms with Gasteiger partial charge >= 0.3 is 12.1 Å². The van der Waals surface area contributed by atoms with Crippen molar-refractivity contribution in [1.82, 2.24) is 20.1 Å². The minimum atomic E-state index is -1.02. The van der Waals surface area contributed by atoms with Crippen LogP contribution in [0.15, 0.2) is 36.4 Å². The molecule has 238 valence electrons. The second-order valence-corrected chi connectivity index (χ2v) is 12.0. The van der Waals surface area contributed by atoms with Gasteiger partial charge in [-0.2, -0.15) is 0 Å². The van der Waals surface area contributed by atoms with Gasteiger partial charge in [0.05, 0.1) is 18.9 Å². The summed E-state index contributed by atoms with van der Waals surface area (Å²) in [6, 6.07) is 10.6. The second kappa shape index (κ2) is 14.5. The number of hydrogen-bond acceptors (Lipinski definition) is 8. The van der Waals surface area contributed by atoms with Crippen molar-refractivity contribution in [3.05, 3.63) is 47.7 Å². The second-order valence-electron chi connectivity index (χ2n) is 12.0. The van der Waals surface area contributed by atoms with Gasteiger partial charge in [-0.3, -0.25) is 14.4 Å². The van der Waals surface area contributed by atoms with Crippen molar-refractivity contribution < 1.29 is 33.4 Å². The molecule has 44 heavy (non-hydrogen) atoms. The summed E-state index contributed by atoms with van der Waals surface area (Å²) in [5, 5.41) is 2.88. The largest absolute Gasteiger partial charge is 0.491 e. The van der Waals surface area contributed by atoms with Gasteiger partial charge in [-0.1, -0.05) is 30.3 Å². The summed E-state index contributed by atoms with van der Waals surface area (Å²) in [5.74, 6) is -0.667. The molecule has 1 unspecified atom stereocenters. The number of ether oxygens (including phenoxy) is 3. The number of hydrogen-bond donors (Lipinski definition) is 1. The molecule has 1 saturated heterocycles. The van der Waals surface area contributed by atoms with E-state index in [1.54, 1.807) is 37.5 Å². The lowest BCUT2D eigenvalue weighted by atomic mass is 10.0. The molecule has 1 aromatic carbocycles. The summed E-state index contributed by atoms with van der Waals surface area (Å²) in [5.41, 5.74) is 1.86. The molecule has 2 heterocycles. The number of pyridine rings is 1. The Morgan fingerprint density at radius 3 is 2.23 bits per heavy atom. The molecule has 1 aliphatic heterocycles. The lowest BCUT2D eigenvalue weighted by Gasteiger charge is -2.36. The van der Waals surface area contributed by atoms with Crippen molar-refractivity contribution in [1.29, 1.82) is 0 Å². The van der Waals surface area contributed by atoms with Crippen LogP contribution in [0.25, 0.3) is 11.3 Å². The number of benzene rings is 1. The van der Waals surface area contributed by atoms with E-state index >= 15 is 0 Å². The number of esters is 1. The Labute approximate surface area is 259 Å². The number of carbonyl (C=O) groups is 4. The average Bonchev–Trinajstić information content (AvgIpc) is 3.84. The third-order valence-corrected chi connectivity index (χ3v) is 7.37. The Hall–Kier alpha value is -4.15. The van der Waals surface area contributed by atoms with E-state index < -0.39 is 29.6 Å². The predicted octanol–water partition coefficient (Wildman–Crippen LogP) is 4.55. The highest BCUT2D eigenvalue weighted by Crippen LogP contribution is 2.46. The molecule has 2 aromatic rings. The van der Waals surface area contributed by atoms with E-state index in [0.29, 0.717) is 31.1 Å². The molecule has 1 saturated carbocycles. The van der Waals surface area contributed by atoms with Gasteiger partial charge in [0.1, 0.15) is 11.6 Å². The molecule has 3 amide bonds. The molecule has 4 rings (SSSR count). The van der Waals surface area contributed by atoms with Gasteiger partial charge in [-0.25, -0.2) is 9.78 Å². The summed E-state index contributed by atoms with van der Waals surface area (Å²) in [6.07, 6.45) is 1.53. The molecule has 0 spiro atoms. The third-order valence-electron chi connectivity index (χ3n) is 7.37. The Balaban J connectivity index is 1.60. The molecular weight excluding hydrogens is 564 g/mol. The Morgan fingerprint density at radius 1 is 0.977 bits per heavy atom. The summed E-state index contributed by atoms with van der Waals surface area (Å²) < 4.78 is 16.6. The van der Waals surface area contributed by atoms with Gasteiger partial charge in [-0.15, -0.1) is 0 Å². The van der Waals surface area contributed by atoms with Crippen LogP contribution in [0.4, 0.5) is 4.79 Å². The van der Waals surface area contributed by atoms with Crippen LogP contribution in [-0.2, 0) is 19.1 Å². The van der Waals surface area contributed by atoms with Crippen molar-refractivity contribution in [2.45, 2.75) is 77.9 Å². The first-order chi connectivity index (χ1) is 21.0. The van der Waals surface area contributed by atoms with E-state index in [9.17, 15) is 19.2 Å². The number of amides is 3. The number of aromatic nitrogens is 1. The minimum absolute atomic E-state index is 0.0371. The van der Waals surface area contributed by atoms with E-state index in [0.717, 1.165) is 24.0 Å². The molecule has 0 bridgehead atoms. The maximum Gasteiger partial charge on any atom is 0.409 e. The Kier molecular flexibility index (Phi) is 10.8. The highest BCUT2D eigenvalue weighted by atomic mass is 16.6. The molecule has 1 atom stereocenters. The van der Waals surface area contributed by atoms with Crippen molar-refractivity contribution in [2.24, 2.45) is 0 Å². The van der Waals surface area contributed by atoms with Gasteiger partial charge in [-0.05, 0) is 65.9 Å². The zero-order chi connectivity index (χ0) is 31.9. The highest BCUT2D eigenvalue weighted by molar-refractivity contribution is 5.99. The maximum absolute atomic E-state index is 14.0. The fourth-order valence-electron chi connectivity index (χ4n) is 5.14. The molecular formula is C33H44N4O7. The van der Waals surface area contributed by atoms with Gasteiger partial charge in [0.25, 0.3) is 5.91 Å². The Bertz CT molecular complexity index is 1330. The first kappa shape index (κ1) is 32.8. The van der Waals surface area contributed by atoms with Gasteiger partial charge in [0.15, 0.2) is 11.4 Å². The molecule has 0 radical (unpaired) electrons. The number of carbonyl (C=O) groups excluding carboxylic acids is 4. The third kappa shape index (κ3) is 8.70. The first-order valence-corrected chi connectivity index (χ1v) is 15.5. The summed E-state index contributed by atoms with van der Waals surface area (Å²) >= 11 is 0. The molecule has 2 aliphatic rings. The fraction of sp³-hybridized carbons (Fsp3) is 0.545. The number of nitrogens with one attached hydrogen (secondary N) is 1. The van der Waals surface area contributed by atoms with Crippen LogP contribution in [0.2, 0.25) is 0 Å². The van der Waals surface area contributed by atoms with Crippen molar-refractivity contribution in [2.75, 3.05) is 39.4 Å². The molecule has 1 aromatic heterocycles. The van der Waals surface area contributed by atoms with Crippen LogP contribution in [0, 0.1) is 0 Å². The maximum atomic E-state index is 14.0.